The van der Waals surface area contributed by atoms with Crippen molar-refractivity contribution in [1.82, 2.24) is 15.5 Å². The van der Waals surface area contributed by atoms with Crippen LogP contribution in [0, 0.1) is 0 Å². The van der Waals surface area contributed by atoms with E-state index >= 15 is 0 Å². The van der Waals surface area contributed by atoms with Crippen LogP contribution in [0.5, 0.6) is 0 Å². The van der Waals surface area contributed by atoms with Crippen molar-refractivity contribution in [2.45, 2.75) is 31.8 Å². The number of nitrogens with one attached hydrogen (secondary N) is 2. The Morgan fingerprint density at radius 3 is 2.35 bits per heavy atom. The molecule has 0 aliphatic rings. The number of urea groups is 1. The number of carbonyl (C=O) groups excluding carboxylic acids is 2. The predicted molar refractivity (Wildman–Crippen MR) is 72.4 cm³/mol. The molecule has 8 nitrogen and oxygen atoms in total. The van der Waals surface area contributed by atoms with E-state index in [0.29, 0.717) is 6.54 Å². The second-order valence-electron chi connectivity index (χ2n) is 4.67. The molecule has 0 aliphatic heterocycles. The van der Waals surface area contributed by atoms with E-state index < -0.39 is 24.0 Å². The minimum Gasteiger partial charge on any atom is -0.480 e. The monoisotopic (exact) mass is 289 g/mol. The zero-order chi connectivity index (χ0) is 15.7. The number of carboxylic acid groups (broad SMARTS) is 1. The lowest BCUT2D eigenvalue weighted by Gasteiger charge is -2.21. The molecule has 0 rings (SSSR count). The molecule has 0 saturated heterocycles. The fourth-order valence-corrected chi connectivity index (χ4v) is 1.25. The third kappa shape index (κ3) is 7.57. The van der Waals surface area contributed by atoms with E-state index in [2.05, 4.69) is 15.4 Å². The minimum atomic E-state index is -1.19. The van der Waals surface area contributed by atoms with Crippen molar-refractivity contribution in [2.75, 3.05) is 27.7 Å². The molecule has 0 heterocycles. The number of hydrogen-bond donors (Lipinski definition) is 3. The Hall–Kier alpha value is -1.83. The van der Waals surface area contributed by atoms with Crippen LogP contribution in [-0.4, -0.2) is 67.8 Å². The number of esters is 1. The molecule has 0 spiro atoms. The Morgan fingerprint density at radius 2 is 1.90 bits per heavy atom. The average molecular weight is 289 g/mol. The Bertz CT molecular complexity index is 346. The molecular weight excluding hydrogens is 266 g/mol. The molecule has 2 atom stereocenters. The minimum absolute atomic E-state index is 0.0152. The van der Waals surface area contributed by atoms with E-state index in [9.17, 15) is 14.4 Å². The van der Waals surface area contributed by atoms with Crippen LogP contribution >= 0.6 is 0 Å². The molecular formula is C12H23N3O5. The number of carbonyl (C=O) groups is 3. The van der Waals surface area contributed by atoms with Crippen LogP contribution in [0.3, 0.4) is 0 Å². The second kappa shape index (κ2) is 9.13. The highest BCUT2D eigenvalue weighted by atomic mass is 16.5. The maximum absolute atomic E-state index is 11.6. The molecule has 0 aromatic rings. The molecule has 8 heteroatoms. The van der Waals surface area contributed by atoms with Gasteiger partial charge < -0.3 is 25.4 Å². The van der Waals surface area contributed by atoms with E-state index in [1.165, 1.54) is 7.11 Å². The van der Waals surface area contributed by atoms with Crippen molar-refractivity contribution in [2.24, 2.45) is 0 Å². The van der Waals surface area contributed by atoms with Gasteiger partial charge >= 0.3 is 18.0 Å². The Kier molecular flexibility index (Phi) is 8.30. The van der Waals surface area contributed by atoms with Crippen molar-refractivity contribution in [1.29, 1.82) is 0 Å². The van der Waals surface area contributed by atoms with Crippen molar-refractivity contribution in [3.05, 3.63) is 0 Å². The quantitative estimate of drug-likeness (QED) is 0.527. The first-order valence-corrected chi connectivity index (χ1v) is 6.28. The largest absolute Gasteiger partial charge is 0.480 e. The summed E-state index contributed by atoms with van der Waals surface area (Å²) in [6.45, 7) is 2.31. The number of nitrogens with zero attached hydrogens (tertiary/aromatic N) is 1. The van der Waals surface area contributed by atoms with Gasteiger partial charge in [0.2, 0.25) is 0 Å². The highest BCUT2D eigenvalue weighted by Crippen LogP contribution is 1.99. The van der Waals surface area contributed by atoms with Gasteiger partial charge in [0.15, 0.2) is 0 Å². The Morgan fingerprint density at radius 1 is 1.30 bits per heavy atom. The van der Waals surface area contributed by atoms with Crippen LogP contribution in [0.1, 0.15) is 19.8 Å². The van der Waals surface area contributed by atoms with Crippen molar-refractivity contribution >= 4 is 18.0 Å². The third-order valence-electron chi connectivity index (χ3n) is 2.91. The molecule has 0 fully saturated rings. The van der Waals surface area contributed by atoms with E-state index in [1.54, 1.807) is 0 Å². The van der Waals surface area contributed by atoms with Gasteiger partial charge in [-0.1, -0.05) is 0 Å². The maximum atomic E-state index is 11.6. The molecule has 1 unspecified atom stereocenters. The van der Waals surface area contributed by atoms with Crippen molar-refractivity contribution in [3.8, 4) is 0 Å². The van der Waals surface area contributed by atoms with Crippen molar-refractivity contribution < 1.29 is 24.2 Å². The predicted octanol–water partition coefficient (Wildman–Crippen LogP) is -0.358. The first-order valence-electron chi connectivity index (χ1n) is 6.28. The van der Waals surface area contributed by atoms with E-state index in [4.69, 9.17) is 5.11 Å². The highest BCUT2D eigenvalue weighted by Gasteiger charge is 2.21. The summed E-state index contributed by atoms with van der Waals surface area (Å²) < 4.78 is 4.42. The van der Waals surface area contributed by atoms with Crippen LogP contribution in [0.4, 0.5) is 4.79 Å². The van der Waals surface area contributed by atoms with Gasteiger partial charge in [-0.05, 0) is 27.4 Å². The standard InChI is InChI=1S/C12H23N3O5/c1-8(15(2)3)7-13-12(19)14-9(11(17)18)5-6-10(16)20-4/h8-9H,5-7H2,1-4H3,(H,17,18)(H2,13,14,19)/t8?,9-/m0/s1. The smallest absolute Gasteiger partial charge is 0.326 e. The summed E-state index contributed by atoms with van der Waals surface area (Å²) in [6.07, 6.45) is -0.0828. The van der Waals surface area contributed by atoms with Gasteiger partial charge in [0.05, 0.1) is 7.11 Å². The Labute approximate surface area is 118 Å². The number of aliphatic carboxylic acids is 1. The summed E-state index contributed by atoms with van der Waals surface area (Å²) in [4.78, 5) is 35.4. The summed E-state index contributed by atoms with van der Waals surface area (Å²) in [7, 11) is 4.97. The fourth-order valence-electron chi connectivity index (χ4n) is 1.25. The lowest BCUT2D eigenvalue weighted by Crippen LogP contribution is -2.48. The number of rotatable bonds is 8. The lowest BCUT2D eigenvalue weighted by molar-refractivity contribution is -0.142. The number of carboxylic acids is 1. The van der Waals surface area contributed by atoms with Gasteiger partial charge in [0.25, 0.3) is 0 Å². The van der Waals surface area contributed by atoms with Gasteiger partial charge in [-0.2, -0.15) is 0 Å². The molecule has 0 aromatic carbocycles. The van der Waals surface area contributed by atoms with Gasteiger partial charge in [-0.25, -0.2) is 9.59 Å². The van der Waals surface area contributed by atoms with E-state index in [1.807, 2.05) is 25.9 Å². The van der Waals surface area contributed by atoms with E-state index in [-0.39, 0.29) is 18.9 Å². The van der Waals surface area contributed by atoms with E-state index in [0.717, 1.165) is 0 Å². The first-order chi connectivity index (χ1) is 9.27. The highest BCUT2D eigenvalue weighted by molar-refractivity contribution is 5.83. The molecule has 0 bridgehead atoms. The van der Waals surface area contributed by atoms with Crippen LogP contribution in [0.15, 0.2) is 0 Å². The zero-order valence-electron chi connectivity index (χ0n) is 12.3. The van der Waals surface area contributed by atoms with Crippen LogP contribution in [0.25, 0.3) is 0 Å². The number of amides is 2. The zero-order valence-corrected chi connectivity index (χ0v) is 12.3. The molecule has 3 N–H and O–H groups in total. The normalized spacial score (nSPS) is 13.4. The SMILES string of the molecule is COC(=O)CC[C@H](NC(=O)NCC(C)N(C)C)C(=O)O. The second-order valence-corrected chi connectivity index (χ2v) is 4.67. The molecule has 0 aliphatic carbocycles. The van der Waals surface area contributed by atoms with Gasteiger partial charge in [0.1, 0.15) is 6.04 Å². The summed E-state index contributed by atoms with van der Waals surface area (Å²) in [5.41, 5.74) is 0. The number of ether oxygens (including phenoxy) is 1. The molecule has 0 radical (unpaired) electrons. The van der Waals surface area contributed by atoms with Gasteiger partial charge in [-0.3, -0.25) is 4.79 Å². The summed E-state index contributed by atoms with van der Waals surface area (Å²) in [6, 6.07) is -1.57. The third-order valence-corrected chi connectivity index (χ3v) is 2.91. The van der Waals surface area contributed by atoms with Crippen LogP contribution in [-0.2, 0) is 14.3 Å². The molecule has 20 heavy (non-hydrogen) atoms. The topological polar surface area (TPSA) is 108 Å². The maximum Gasteiger partial charge on any atom is 0.326 e. The van der Waals surface area contributed by atoms with Crippen LogP contribution in [0.2, 0.25) is 0 Å². The fraction of sp³-hybridized carbons (Fsp3) is 0.750. The molecule has 116 valence electrons. The summed E-state index contributed by atoms with van der Waals surface area (Å²) >= 11 is 0. The number of hydrogen-bond acceptors (Lipinski definition) is 5. The number of likely N-dealkylation sites (N-methyl/N-ethyl adjacent to an activating group) is 1. The van der Waals surface area contributed by atoms with Gasteiger partial charge in [-0.15, -0.1) is 0 Å². The molecule has 0 aromatic heterocycles. The summed E-state index contributed by atoms with van der Waals surface area (Å²) in [5.74, 6) is -1.70. The van der Waals surface area contributed by atoms with Gasteiger partial charge in [0, 0.05) is 19.0 Å². The number of methoxy groups -OCH3 is 1. The first kappa shape index (κ1) is 18.2. The van der Waals surface area contributed by atoms with Crippen molar-refractivity contribution in [3.63, 3.8) is 0 Å². The molecule has 2 amide bonds. The Balaban J connectivity index is 4.21. The summed E-state index contributed by atoms with van der Waals surface area (Å²) in [5, 5.41) is 13.9. The average Bonchev–Trinajstić information content (AvgIpc) is 2.39. The molecule has 0 saturated carbocycles. The lowest BCUT2D eigenvalue weighted by atomic mass is 10.1. The van der Waals surface area contributed by atoms with Crippen LogP contribution < -0.4 is 10.6 Å².